The van der Waals surface area contributed by atoms with Crippen LogP contribution in [0, 0.1) is 0 Å². The summed E-state index contributed by atoms with van der Waals surface area (Å²) in [7, 11) is 0. The second-order valence-corrected chi connectivity index (χ2v) is 2.54. The summed E-state index contributed by atoms with van der Waals surface area (Å²) < 4.78 is 4.91. The Balaban J connectivity index is 2.76. The molecule has 3 heteroatoms. The normalized spacial score (nSPS) is 13.0. The lowest BCUT2D eigenvalue weighted by atomic mass is 10.4. The lowest BCUT2D eigenvalue weighted by Crippen LogP contribution is -1.85. The summed E-state index contributed by atoms with van der Waals surface area (Å²) in [4.78, 5) is 9.80. The highest BCUT2D eigenvalue weighted by atomic mass is 79.9. The van der Waals surface area contributed by atoms with Crippen LogP contribution in [0.2, 0.25) is 0 Å². The van der Waals surface area contributed by atoms with Crippen molar-refractivity contribution in [3.63, 3.8) is 0 Å². The zero-order valence-corrected chi connectivity index (χ0v) is 6.17. The zero-order chi connectivity index (χ0) is 6.69. The van der Waals surface area contributed by atoms with Crippen LogP contribution in [0.3, 0.4) is 0 Å². The van der Waals surface area contributed by atoms with Crippen LogP contribution in [0.4, 0.5) is 0 Å². The molecule has 0 saturated heterocycles. The SMILES string of the molecule is O=CC(Br)c1ccco1. The smallest absolute Gasteiger partial charge is 0.141 e. The van der Waals surface area contributed by atoms with Crippen LogP contribution in [-0.4, -0.2) is 6.29 Å². The fraction of sp³-hybridized carbons (Fsp3) is 0.167. The second-order valence-electron chi connectivity index (χ2n) is 1.55. The van der Waals surface area contributed by atoms with E-state index in [1.165, 1.54) is 6.26 Å². The van der Waals surface area contributed by atoms with E-state index < -0.39 is 0 Å². The molecule has 1 atom stereocenters. The van der Waals surface area contributed by atoms with Gasteiger partial charge < -0.3 is 9.21 Å². The average molecular weight is 189 g/mol. The van der Waals surface area contributed by atoms with Gasteiger partial charge in [-0.25, -0.2) is 0 Å². The number of rotatable bonds is 2. The summed E-state index contributed by atoms with van der Waals surface area (Å²) in [6, 6.07) is 3.49. The number of alkyl halides is 1. The molecule has 1 aromatic heterocycles. The molecule has 1 unspecified atom stereocenters. The molecule has 2 nitrogen and oxygen atoms in total. The maximum absolute atomic E-state index is 10.1. The molecule has 0 amide bonds. The van der Waals surface area contributed by atoms with Crippen molar-refractivity contribution in [3.05, 3.63) is 24.2 Å². The first-order valence-electron chi connectivity index (χ1n) is 2.47. The Morgan fingerprint density at radius 1 is 1.78 bits per heavy atom. The summed E-state index contributed by atoms with van der Waals surface area (Å²) in [5.74, 6) is 0.644. The van der Waals surface area contributed by atoms with Crippen LogP contribution >= 0.6 is 15.9 Å². The molecule has 0 aliphatic rings. The van der Waals surface area contributed by atoms with Gasteiger partial charge in [-0.15, -0.1) is 0 Å². The van der Waals surface area contributed by atoms with E-state index in [9.17, 15) is 4.79 Å². The van der Waals surface area contributed by atoms with Gasteiger partial charge in [0.2, 0.25) is 0 Å². The summed E-state index contributed by atoms with van der Waals surface area (Å²) in [6.07, 6.45) is 2.31. The van der Waals surface area contributed by atoms with Gasteiger partial charge in [-0.05, 0) is 12.1 Å². The molecular weight excluding hydrogens is 184 g/mol. The highest BCUT2D eigenvalue weighted by Crippen LogP contribution is 2.19. The van der Waals surface area contributed by atoms with E-state index in [1.54, 1.807) is 12.1 Å². The third kappa shape index (κ3) is 1.42. The van der Waals surface area contributed by atoms with Crippen molar-refractivity contribution in [3.8, 4) is 0 Å². The van der Waals surface area contributed by atoms with Crippen molar-refractivity contribution in [1.82, 2.24) is 0 Å². The summed E-state index contributed by atoms with van der Waals surface area (Å²) >= 11 is 3.10. The minimum Gasteiger partial charge on any atom is -0.468 e. The van der Waals surface area contributed by atoms with Gasteiger partial charge in [-0.1, -0.05) is 15.9 Å². The highest BCUT2D eigenvalue weighted by molar-refractivity contribution is 9.09. The van der Waals surface area contributed by atoms with Crippen molar-refractivity contribution < 1.29 is 9.21 Å². The van der Waals surface area contributed by atoms with Crippen molar-refractivity contribution in [1.29, 1.82) is 0 Å². The van der Waals surface area contributed by atoms with Crippen LogP contribution in [0.15, 0.2) is 22.8 Å². The Kier molecular flexibility index (Phi) is 2.05. The summed E-state index contributed by atoms with van der Waals surface area (Å²) in [6.45, 7) is 0. The van der Waals surface area contributed by atoms with Gasteiger partial charge in [0.25, 0.3) is 0 Å². The second kappa shape index (κ2) is 2.82. The lowest BCUT2D eigenvalue weighted by Gasteiger charge is -1.91. The van der Waals surface area contributed by atoms with E-state index in [4.69, 9.17) is 4.42 Å². The van der Waals surface area contributed by atoms with Crippen molar-refractivity contribution in [2.45, 2.75) is 4.83 Å². The highest BCUT2D eigenvalue weighted by Gasteiger charge is 2.06. The van der Waals surface area contributed by atoms with E-state index in [-0.39, 0.29) is 4.83 Å². The topological polar surface area (TPSA) is 30.2 Å². The third-order valence-corrected chi connectivity index (χ3v) is 1.60. The molecule has 48 valence electrons. The third-order valence-electron chi connectivity index (χ3n) is 0.934. The van der Waals surface area contributed by atoms with Crippen LogP contribution in [0.1, 0.15) is 10.6 Å². The van der Waals surface area contributed by atoms with Crippen LogP contribution < -0.4 is 0 Å². The predicted octanol–water partition coefficient (Wildman–Crippen LogP) is 1.91. The molecule has 0 saturated carbocycles. The average Bonchev–Trinajstić information content (AvgIpc) is 2.37. The Bertz CT molecular complexity index is 181. The van der Waals surface area contributed by atoms with E-state index >= 15 is 0 Å². The molecule has 0 radical (unpaired) electrons. The van der Waals surface area contributed by atoms with Gasteiger partial charge in [0.05, 0.1) is 6.26 Å². The first-order valence-corrected chi connectivity index (χ1v) is 3.39. The van der Waals surface area contributed by atoms with Crippen molar-refractivity contribution in [2.75, 3.05) is 0 Å². The Hall–Kier alpha value is -0.570. The van der Waals surface area contributed by atoms with Gasteiger partial charge in [0.1, 0.15) is 16.9 Å². The Morgan fingerprint density at radius 2 is 2.56 bits per heavy atom. The number of carbonyl (C=O) groups excluding carboxylic acids is 1. The molecule has 9 heavy (non-hydrogen) atoms. The number of hydrogen-bond acceptors (Lipinski definition) is 2. The largest absolute Gasteiger partial charge is 0.468 e. The summed E-state index contributed by atoms with van der Waals surface area (Å²) in [5.41, 5.74) is 0. The first kappa shape index (κ1) is 6.55. The Morgan fingerprint density at radius 3 is 3.00 bits per heavy atom. The minimum atomic E-state index is -0.299. The maximum Gasteiger partial charge on any atom is 0.141 e. The van der Waals surface area contributed by atoms with Crippen LogP contribution in [0.25, 0.3) is 0 Å². The molecule has 1 heterocycles. The van der Waals surface area contributed by atoms with Gasteiger partial charge in [0.15, 0.2) is 0 Å². The molecule has 0 aliphatic carbocycles. The lowest BCUT2D eigenvalue weighted by molar-refractivity contribution is -0.107. The van der Waals surface area contributed by atoms with Crippen molar-refractivity contribution >= 4 is 22.2 Å². The number of hydrogen-bond donors (Lipinski definition) is 0. The van der Waals surface area contributed by atoms with E-state index in [0.29, 0.717) is 5.76 Å². The standard InChI is InChI=1S/C6H5BrO2/c7-5(4-8)6-2-1-3-9-6/h1-5H. The fourth-order valence-electron chi connectivity index (χ4n) is 0.515. The molecule has 1 aromatic rings. The van der Waals surface area contributed by atoms with Gasteiger partial charge in [0, 0.05) is 0 Å². The number of aldehydes is 1. The zero-order valence-electron chi connectivity index (χ0n) is 4.58. The number of halogens is 1. The summed E-state index contributed by atoms with van der Waals surface area (Å²) in [5, 5.41) is 0. The molecule has 0 fully saturated rings. The van der Waals surface area contributed by atoms with Gasteiger partial charge in [-0.2, -0.15) is 0 Å². The van der Waals surface area contributed by atoms with Crippen LogP contribution in [0.5, 0.6) is 0 Å². The molecule has 0 N–H and O–H groups in total. The van der Waals surface area contributed by atoms with E-state index in [1.807, 2.05) is 0 Å². The van der Waals surface area contributed by atoms with Gasteiger partial charge in [-0.3, -0.25) is 0 Å². The van der Waals surface area contributed by atoms with Crippen LogP contribution in [-0.2, 0) is 4.79 Å². The number of carbonyl (C=O) groups is 1. The molecule has 0 aliphatic heterocycles. The van der Waals surface area contributed by atoms with E-state index in [2.05, 4.69) is 15.9 Å². The predicted molar refractivity (Wildman–Crippen MR) is 36.4 cm³/mol. The molecule has 1 rings (SSSR count). The molecular formula is C6H5BrO2. The first-order chi connectivity index (χ1) is 4.34. The monoisotopic (exact) mass is 188 g/mol. The quantitative estimate of drug-likeness (QED) is 0.525. The minimum absolute atomic E-state index is 0.299. The Labute approximate surface area is 61.0 Å². The van der Waals surface area contributed by atoms with Crippen molar-refractivity contribution in [2.24, 2.45) is 0 Å². The number of furan rings is 1. The fourth-order valence-corrected chi connectivity index (χ4v) is 0.776. The van der Waals surface area contributed by atoms with E-state index in [0.717, 1.165) is 6.29 Å². The molecule has 0 spiro atoms. The van der Waals surface area contributed by atoms with Gasteiger partial charge >= 0.3 is 0 Å². The molecule has 0 bridgehead atoms. The maximum atomic E-state index is 10.1. The molecule has 0 aromatic carbocycles.